The number of halogens is 1. The molecule has 7 heteroatoms. The Bertz CT molecular complexity index is 1270. The monoisotopic (exact) mass is 504 g/mol. The van der Waals surface area contributed by atoms with Crippen LogP contribution in [0.4, 0.5) is 0 Å². The van der Waals surface area contributed by atoms with E-state index in [1.54, 1.807) is 0 Å². The Morgan fingerprint density at radius 2 is 1.57 bits per heavy atom. The number of amides is 1. The van der Waals surface area contributed by atoms with Crippen molar-refractivity contribution in [3.63, 3.8) is 0 Å². The Hall–Kier alpha value is -3.48. The molecule has 0 aliphatic rings. The van der Waals surface area contributed by atoms with Crippen LogP contribution < -0.4 is 5.32 Å². The predicted octanol–water partition coefficient (Wildman–Crippen LogP) is 5.79. The molecule has 4 rings (SSSR count). The molecule has 0 spiro atoms. The molecule has 1 unspecified atom stereocenters. The zero-order valence-electron chi connectivity index (χ0n) is 19.2. The van der Waals surface area contributed by atoms with E-state index in [1.807, 2.05) is 91.9 Å². The Balaban J connectivity index is 1.44. The number of nitrogens with zero attached hydrogens (tertiary/aromatic N) is 1. The summed E-state index contributed by atoms with van der Waals surface area (Å²) >= 11 is 7.51. The predicted molar refractivity (Wildman–Crippen MR) is 139 cm³/mol. The third-order valence-electron chi connectivity index (χ3n) is 5.44. The Labute approximate surface area is 213 Å². The molecule has 3 aromatic carbocycles. The van der Waals surface area contributed by atoms with E-state index >= 15 is 0 Å². The molecule has 1 aromatic heterocycles. The number of hydrogen-bond acceptors (Lipinski definition) is 5. The quantitative estimate of drug-likeness (QED) is 0.293. The molecule has 1 amide bonds. The standard InChI is InChI=1S/C28H25ClN2O3S/c1-19-24(31-27(35-19)22-12-14-23(29)15-13-22)17-26(32)30-25(16-20-8-4-2-5-9-20)28(33)34-18-21-10-6-3-7-11-21/h2-15,25H,16-18H2,1H3,(H,30,32). The fourth-order valence-corrected chi connectivity index (χ4v) is 4.64. The van der Waals surface area contributed by atoms with Crippen LogP contribution in [0, 0.1) is 6.92 Å². The molecule has 1 N–H and O–H groups in total. The molecule has 1 atom stereocenters. The molecule has 178 valence electrons. The summed E-state index contributed by atoms with van der Waals surface area (Å²) in [5, 5.41) is 4.35. The van der Waals surface area contributed by atoms with E-state index in [2.05, 4.69) is 10.3 Å². The van der Waals surface area contributed by atoms with Gasteiger partial charge in [0, 0.05) is 21.9 Å². The van der Waals surface area contributed by atoms with Gasteiger partial charge in [0.1, 0.15) is 17.7 Å². The van der Waals surface area contributed by atoms with Gasteiger partial charge in [-0.1, -0.05) is 84.4 Å². The van der Waals surface area contributed by atoms with Crippen LogP contribution in [0.15, 0.2) is 84.9 Å². The number of ether oxygens (including phenoxy) is 1. The first kappa shape index (κ1) is 24.6. The van der Waals surface area contributed by atoms with Crippen LogP contribution in [-0.2, 0) is 33.8 Å². The number of carbonyl (C=O) groups excluding carboxylic acids is 2. The van der Waals surface area contributed by atoms with E-state index in [0.717, 1.165) is 26.6 Å². The lowest BCUT2D eigenvalue weighted by atomic mass is 10.1. The minimum Gasteiger partial charge on any atom is -0.459 e. The van der Waals surface area contributed by atoms with Crippen molar-refractivity contribution in [3.05, 3.63) is 112 Å². The molecule has 0 saturated carbocycles. The molecule has 0 fully saturated rings. The zero-order chi connectivity index (χ0) is 24.6. The van der Waals surface area contributed by atoms with Gasteiger partial charge in [0.15, 0.2) is 0 Å². The number of aromatic nitrogens is 1. The van der Waals surface area contributed by atoms with Crippen LogP contribution in [-0.4, -0.2) is 22.9 Å². The Kier molecular flexibility index (Phi) is 8.29. The third-order valence-corrected chi connectivity index (χ3v) is 6.75. The van der Waals surface area contributed by atoms with Crippen LogP contribution >= 0.6 is 22.9 Å². The summed E-state index contributed by atoms with van der Waals surface area (Å²) in [7, 11) is 0. The summed E-state index contributed by atoms with van der Waals surface area (Å²) < 4.78 is 5.53. The molecular weight excluding hydrogens is 480 g/mol. The van der Waals surface area contributed by atoms with E-state index < -0.39 is 12.0 Å². The second-order valence-corrected chi connectivity index (χ2v) is 9.75. The summed E-state index contributed by atoms with van der Waals surface area (Å²) in [5.41, 5.74) is 3.46. The van der Waals surface area contributed by atoms with Crippen LogP contribution in [0.3, 0.4) is 0 Å². The lowest BCUT2D eigenvalue weighted by molar-refractivity contribution is -0.149. The number of hydrogen-bond donors (Lipinski definition) is 1. The minimum atomic E-state index is -0.803. The van der Waals surface area contributed by atoms with Gasteiger partial charge in [-0.2, -0.15) is 0 Å². The highest BCUT2D eigenvalue weighted by atomic mass is 35.5. The lowest BCUT2D eigenvalue weighted by Gasteiger charge is -2.18. The van der Waals surface area contributed by atoms with E-state index in [0.29, 0.717) is 17.1 Å². The molecule has 5 nitrogen and oxygen atoms in total. The summed E-state index contributed by atoms with van der Waals surface area (Å²) in [6.45, 7) is 2.09. The van der Waals surface area contributed by atoms with Gasteiger partial charge in [0.05, 0.1) is 12.1 Å². The third kappa shape index (κ3) is 7.01. The Morgan fingerprint density at radius 3 is 2.23 bits per heavy atom. The number of thiazole rings is 1. The van der Waals surface area contributed by atoms with Crippen molar-refractivity contribution in [1.82, 2.24) is 10.3 Å². The maximum Gasteiger partial charge on any atom is 0.329 e. The summed E-state index contributed by atoms with van der Waals surface area (Å²) in [6.07, 6.45) is 0.416. The molecule has 35 heavy (non-hydrogen) atoms. The van der Waals surface area contributed by atoms with Gasteiger partial charge in [-0.3, -0.25) is 4.79 Å². The molecule has 0 saturated heterocycles. The van der Waals surface area contributed by atoms with Crippen LogP contribution in [0.5, 0.6) is 0 Å². The van der Waals surface area contributed by atoms with E-state index in [4.69, 9.17) is 16.3 Å². The smallest absolute Gasteiger partial charge is 0.329 e. The summed E-state index contributed by atoms with van der Waals surface area (Å²) in [6, 6.07) is 25.7. The number of aryl methyl sites for hydroxylation is 1. The van der Waals surface area contributed by atoms with Gasteiger partial charge in [-0.05, 0) is 30.2 Å². The first-order valence-electron chi connectivity index (χ1n) is 11.2. The van der Waals surface area contributed by atoms with Gasteiger partial charge >= 0.3 is 5.97 Å². The van der Waals surface area contributed by atoms with E-state index in [9.17, 15) is 9.59 Å². The highest BCUT2D eigenvalue weighted by Gasteiger charge is 2.24. The number of nitrogens with one attached hydrogen (secondary N) is 1. The molecule has 1 heterocycles. The minimum absolute atomic E-state index is 0.0766. The fourth-order valence-electron chi connectivity index (χ4n) is 3.58. The van der Waals surface area contributed by atoms with Crippen LogP contribution in [0.2, 0.25) is 5.02 Å². The second kappa shape index (κ2) is 11.8. The topological polar surface area (TPSA) is 68.3 Å². The number of rotatable bonds is 9. The van der Waals surface area contributed by atoms with Crippen molar-refractivity contribution in [1.29, 1.82) is 0 Å². The first-order chi connectivity index (χ1) is 17.0. The molecule has 0 bridgehead atoms. The largest absolute Gasteiger partial charge is 0.459 e. The van der Waals surface area contributed by atoms with Crippen molar-refractivity contribution < 1.29 is 14.3 Å². The molecule has 0 aliphatic carbocycles. The van der Waals surface area contributed by atoms with Gasteiger partial charge in [0.2, 0.25) is 5.91 Å². The maximum absolute atomic E-state index is 13.0. The second-order valence-electron chi connectivity index (χ2n) is 8.11. The van der Waals surface area contributed by atoms with E-state index in [-0.39, 0.29) is 18.9 Å². The fraction of sp³-hybridized carbons (Fsp3) is 0.179. The van der Waals surface area contributed by atoms with Crippen LogP contribution in [0.1, 0.15) is 21.7 Å². The Morgan fingerprint density at radius 1 is 0.943 bits per heavy atom. The van der Waals surface area contributed by atoms with Crippen molar-refractivity contribution >= 4 is 34.8 Å². The normalized spacial score (nSPS) is 11.6. The lowest BCUT2D eigenvalue weighted by Crippen LogP contribution is -2.44. The van der Waals surface area contributed by atoms with Crippen molar-refractivity contribution in [3.8, 4) is 10.6 Å². The zero-order valence-corrected chi connectivity index (χ0v) is 20.8. The highest BCUT2D eigenvalue weighted by molar-refractivity contribution is 7.15. The summed E-state index contributed by atoms with van der Waals surface area (Å²) in [4.78, 5) is 31.5. The molecule has 4 aromatic rings. The molecular formula is C28H25ClN2O3S. The van der Waals surface area contributed by atoms with Crippen molar-refractivity contribution in [2.45, 2.75) is 32.4 Å². The van der Waals surface area contributed by atoms with Gasteiger partial charge in [0.25, 0.3) is 0 Å². The highest BCUT2D eigenvalue weighted by Crippen LogP contribution is 2.28. The SMILES string of the molecule is Cc1sc(-c2ccc(Cl)cc2)nc1CC(=O)NC(Cc1ccccc1)C(=O)OCc1ccccc1. The van der Waals surface area contributed by atoms with Gasteiger partial charge < -0.3 is 10.1 Å². The average Bonchev–Trinajstić information content (AvgIpc) is 3.23. The van der Waals surface area contributed by atoms with Crippen LogP contribution in [0.25, 0.3) is 10.6 Å². The van der Waals surface area contributed by atoms with Crippen molar-refractivity contribution in [2.75, 3.05) is 0 Å². The maximum atomic E-state index is 13.0. The molecule has 0 aliphatic heterocycles. The number of carbonyl (C=O) groups is 2. The van der Waals surface area contributed by atoms with Gasteiger partial charge in [-0.25, -0.2) is 9.78 Å². The average molecular weight is 505 g/mol. The summed E-state index contributed by atoms with van der Waals surface area (Å²) in [5.74, 6) is -0.749. The number of esters is 1. The first-order valence-corrected chi connectivity index (χ1v) is 12.4. The van der Waals surface area contributed by atoms with E-state index in [1.165, 1.54) is 11.3 Å². The molecule has 0 radical (unpaired) electrons. The van der Waals surface area contributed by atoms with Gasteiger partial charge in [-0.15, -0.1) is 11.3 Å². The van der Waals surface area contributed by atoms with Crippen molar-refractivity contribution in [2.24, 2.45) is 0 Å². The number of benzene rings is 3.